The highest BCUT2D eigenvalue weighted by atomic mass is 19.4. The lowest BCUT2D eigenvalue weighted by molar-refractivity contribution is -0.172. The van der Waals surface area contributed by atoms with Gasteiger partial charge in [-0.3, -0.25) is 0 Å². The van der Waals surface area contributed by atoms with Crippen LogP contribution in [0.1, 0.15) is 40.0 Å². The van der Waals surface area contributed by atoms with Gasteiger partial charge in [0.1, 0.15) is 6.04 Å². The van der Waals surface area contributed by atoms with E-state index in [2.05, 4.69) is 19.2 Å². The molecular weight excluding hydrogens is 215 g/mol. The summed E-state index contributed by atoms with van der Waals surface area (Å²) in [7, 11) is 0. The van der Waals surface area contributed by atoms with Crippen molar-refractivity contribution in [1.82, 2.24) is 5.32 Å². The Labute approximate surface area is 95.8 Å². The number of hydrogen-bond acceptors (Lipinski definition) is 1. The van der Waals surface area contributed by atoms with Gasteiger partial charge in [0.15, 0.2) is 0 Å². The van der Waals surface area contributed by atoms with Crippen LogP contribution in [0.4, 0.5) is 13.2 Å². The second-order valence-corrected chi connectivity index (χ2v) is 5.25. The van der Waals surface area contributed by atoms with Crippen LogP contribution < -0.4 is 5.32 Å². The monoisotopic (exact) mass is 237 g/mol. The van der Waals surface area contributed by atoms with E-state index in [1.54, 1.807) is 6.92 Å². The van der Waals surface area contributed by atoms with Crippen LogP contribution in [0.5, 0.6) is 0 Å². The van der Waals surface area contributed by atoms with Gasteiger partial charge in [0.05, 0.1) is 0 Å². The lowest BCUT2D eigenvalue weighted by atomic mass is 9.73. The lowest BCUT2D eigenvalue weighted by Crippen LogP contribution is -2.49. The summed E-state index contributed by atoms with van der Waals surface area (Å²) in [5.74, 6) is 0.577. The minimum Gasteiger partial charge on any atom is -0.306 e. The van der Waals surface area contributed by atoms with Crippen molar-refractivity contribution in [2.24, 2.45) is 17.8 Å². The lowest BCUT2D eigenvalue weighted by Gasteiger charge is -2.37. The number of halogens is 3. The molecule has 0 radical (unpaired) electrons. The van der Waals surface area contributed by atoms with Crippen molar-refractivity contribution >= 4 is 0 Å². The molecule has 0 heterocycles. The van der Waals surface area contributed by atoms with Gasteiger partial charge in [-0.25, -0.2) is 0 Å². The third-order valence-electron chi connectivity index (χ3n) is 3.46. The molecule has 0 aromatic rings. The number of nitrogens with one attached hydrogen (secondary N) is 1. The highest BCUT2D eigenvalue weighted by Gasteiger charge is 2.45. The Morgan fingerprint density at radius 2 is 1.62 bits per heavy atom. The SMILES string of the molecule is CCNC(C1CC(C)CC(C)C1)C(F)(F)F. The van der Waals surface area contributed by atoms with Crippen LogP contribution in [-0.4, -0.2) is 18.8 Å². The third kappa shape index (κ3) is 3.65. The Hall–Kier alpha value is -0.250. The highest BCUT2D eigenvalue weighted by molar-refractivity contribution is 4.87. The molecule has 3 unspecified atom stereocenters. The second kappa shape index (κ2) is 5.39. The molecule has 96 valence electrons. The van der Waals surface area contributed by atoms with Crippen LogP contribution in [-0.2, 0) is 0 Å². The Balaban J connectivity index is 2.70. The molecule has 1 nitrogen and oxygen atoms in total. The topological polar surface area (TPSA) is 12.0 Å². The van der Waals surface area contributed by atoms with E-state index < -0.39 is 12.2 Å². The Morgan fingerprint density at radius 3 is 2.00 bits per heavy atom. The zero-order valence-corrected chi connectivity index (χ0v) is 10.3. The number of rotatable bonds is 3. The van der Waals surface area contributed by atoms with Crippen LogP contribution in [0.2, 0.25) is 0 Å². The number of hydrogen-bond donors (Lipinski definition) is 1. The molecule has 16 heavy (non-hydrogen) atoms. The Morgan fingerprint density at radius 1 is 1.12 bits per heavy atom. The van der Waals surface area contributed by atoms with E-state index in [0.29, 0.717) is 31.2 Å². The van der Waals surface area contributed by atoms with Crippen LogP contribution in [0, 0.1) is 17.8 Å². The zero-order chi connectivity index (χ0) is 12.3. The fourth-order valence-electron chi connectivity index (χ4n) is 3.05. The van der Waals surface area contributed by atoms with Gasteiger partial charge in [0.25, 0.3) is 0 Å². The minimum atomic E-state index is -4.11. The molecule has 0 bridgehead atoms. The minimum absolute atomic E-state index is 0.251. The molecule has 1 saturated carbocycles. The van der Waals surface area contributed by atoms with E-state index in [1.165, 1.54) is 0 Å². The molecule has 3 atom stereocenters. The molecule has 1 aliphatic rings. The molecule has 0 aromatic heterocycles. The molecule has 1 N–H and O–H groups in total. The van der Waals surface area contributed by atoms with Crippen LogP contribution in [0.3, 0.4) is 0 Å². The molecule has 0 spiro atoms. The van der Waals surface area contributed by atoms with Gasteiger partial charge in [-0.15, -0.1) is 0 Å². The van der Waals surface area contributed by atoms with Gasteiger partial charge in [-0.1, -0.05) is 20.8 Å². The summed E-state index contributed by atoms with van der Waals surface area (Å²) < 4.78 is 38.6. The van der Waals surface area contributed by atoms with E-state index in [-0.39, 0.29) is 5.92 Å². The van der Waals surface area contributed by atoms with Crippen LogP contribution in [0.25, 0.3) is 0 Å². The van der Waals surface area contributed by atoms with Crippen molar-refractivity contribution in [3.8, 4) is 0 Å². The summed E-state index contributed by atoms with van der Waals surface area (Å²) in [5.41, 5.74) is 0. The zero-order valence-electron chi connectivity index (χ0n) is 10.3. The first-order valence-corrected chi connectivity index (χ1v) is 6.14. The van der Waals surface area contributed by atoms with Crippen molar-refractivity contribution in [2.45, 2.75) is 52.3 Å². The summed E-state index contributed by atoms with van der Waals surface area (Å²) in [6.07, 6.45) is -1.66. The predicted octanol–water partition coefficient (Wildman–Crippen LogP) is 3.60. The maximum atomic E-state index is 12.9. The van der Waals surface area contributed by atoms with Gasteiger partial charge in [-0.05, 0) is 43.6 Å². The predicted molar refractivity (Wildman–Crippen MR) is 59.2 cm³/mol. The third-order valence-corrected chi connectivity index (χ3v) is 3.46. The average molecular weight is 237 g/mol. The van der Waals surface area contributed by atoms with Gasteiger partial charge in [0.2, 0.25) is 0 Å². The Bertz CT molecular complexity index is 205. The van der Waals surface area contributed by atoms with Gasteiger partial charge in [-0.2, -0.15) is 13.2 Å². The molecule has 0 aliphatic heterocycles. The molecule has 1 fully saturated rings. The maximum Gasteiger partial charge on any atom is 0.404 e. The molecular formula is C12H22F3N. The van der Waals surface area contributed by atoms with Crippen molar-refractivity contribution in [3.05, 3.63) is 0 Å². The van der Waals surface area contributed by atoms with Crippen LogP contribution >= 0.6 is 0 Å². The summed E-state index contributed by atoms with van der Waals surface area (Å²) in [4.78, 5) is 0. The van der Waals surface area contributed by atoms with Crippen LogP contribution in [0.15, 0.2) is 0 Å². The average Bonchev–Trinajstić information content (AvgIpc) is 2.10. The second-order valence-electron chi connectivity index (χ2n) is 5.25. The quantitative estimate of drug-likeness (QED) is 0.790. The summed E-state index contributed by atoms with van der Waals surface area (Å²) in [6.45, 7) is 6.22. The van der Waals surface area contributed by atoms with Crippen molar-refractivity contribution < 1.29 is 13.2 Å². The first-order valence-electron chi connectivity index (χ1n) is 6.14. The molecule has 1 rings (SSSR count). The van der Waals surface area contributed by atoms with Gasteiger partial charge < -0.3 is 5.32 Å². The first kappa shape index (κ1) is 13.8. The van der Waals surface area contributed by atoms with E-state index in [4.69, 9.17) is 0 Å². The van der Waals surface area contributed by atoms with E-state index >= 15 is 0 Å². The Kier molecular flexibility index (Phi) is 4.65. The normalized spacial score (nSPS) is 33.8. The molecule has 4 heteroatoms. The van der Waals surface area contributed by atoms with Gasteiger partial charge in [0, 0.05) is 0 Å². The molecule has 0 amide bonds. The van der Waals surface area contributed by atoms with E-state index in [1.807, 2.05) is 0 Å². The smallest absolute Gasteiger partial charge is 0.306 e. The molecule has 0 aromatic carbocycles. The summed E-state index contributed by atoms with van der Waals surface area (Å²) >= 11 is 0. The maximum absolute atomic E-state index is 12.9. The van der Waals surface area contributed by atoms with Crippen molar-refractivity contribution in [3.63, 3.8) is 0 Å². The van der Waals surface area contributed by atoms with Crippen molar-refractivity contribution in [1.29, 1.82) is 0 Å². The highest BCUT2D eigenvalue weighted by Crippen LogP contribution is 2.39. The fourth-order valence-corrected chi connectivity index (χ4v) is 3.05. The van der Waals surface area contributed by atoms with Crippen molar-refractivity contribution in [2.75, 3.05) is 6.54 Å². The molecule has 1 aliphatic carbocycles. The van der Waals surface area contributed by atoms with E-state index in [0.717, 1.165) is 6.42 Å². The first-order chi connectivity index (χ1) is 7.34. The molecule has 0 saturated heterocycles. The largest absolute Gasteiger partial charge is 0.404 e. The van der Waals surface area contributed by atoms with Gasteiger partial charge >= 0.3 is 6.18 Å². The fraction of sp³-hybridized carbons (Fsp3) is 1.00. The summed E-state index contributed by atoms with van der Waals surface area (Å²) in [5, 5.41) is 2.61. The standard InChI is InChI=1S/C12H22F3N/c1-4-16-11(12(13,14)15)10-6-8(2)5-9(3)7-10/h8-11,16H,4-7H2,1-3H3. The summed E-state index contributed by atoms with van der Waals surface area (Å²) in [6, 6.07) is -1.32. The van der Waals surface area contributed by atoms with E-state index in [9.17, 15) is 13.2 Å². The number of alkyl halides is 3.